The summed E-state index contributed by atoms with van der Waals surface area (Å²) in [4.78, 5) is 27.6. The second kappa shape index (κ2) is 9.07. The van der Waals surface area contributed by atoms with Gasteiger partial charge < -0.3 is 10.2 Å². The molecule has 0 aliphatic rings. The number of nitrogens with zero attached hydrogens (tertiary/aromatic N) is 3. The SMILES string of the molecule is CN(CC(=O)Nc1ccccc1SCC#N)CC(=O)N(C)C. The molecule has 0 spiro atoms. The Morgan fingerprint density at radius 1 is 1.23 bits per heavy atom. The number of anilines is 1. The van der Waals surface area contributed by atoms with E-state index in [1.807, 2.05) is 18.2 Å². The zero-order chi connectivity index (χ0) is 16.5. The minimum Gasteiger partial charge on any atom is -0.348 e. The summed E-state index contributed by atoms with van der Waals surface area (Å²) in [7, 11) is 5.08. The van der Waals surface area contributed by atoms with Crippen LogP contribution in [0.4, 0.5) is 5.69 Å². The number of benzene rings is 1. The van der Waals surface area contributed by atoms with Crippen molar-refractivity contribution in [2.24, 2.45) is 0 Å². The predicted molar refractivity (Wildman–Crippen MR) is 87.6 cm³/mol. The molecule has 0 saturated heterocycles. The van der Waals surface area contributed by atoms with Gasteiger partial charge in [0.25, 0.3) is 0 Å². The Morgan fingerprint density at radius 3 is 2.55 bits per heavy atom. The molecule has 1 aromatic rings. The van der Waals surface area contributed by atoms with Gasteiger partial charge in [0, 0.05) is 19.0 Å². The fraction of sp³-hybridized carbons (Fsp3) is 0.400. The van der Waals surface area contributed by atoms with E-state index in [1.165, 1.54) is 16.7 Å². The molecule has 7 heteroatoms. The summed E-state index contributed by atoms with van der Waals surface area (Å²) in [5.41, 5.74) is 0.681. The van der Waals surface area contributed by atoms with Crippen LogP contribution in [0.3, 0.4) is 0 Å². The molecule has 22 heavy (non-hydrogen) atoms. The maximum absolute atomic E-state index is 12.0. The van der Waals surface area contributed by atoms with Crippen molar-refractivity contribution in [3.8, 4) is 6.07 Å². The Labute approximate surface area is 135 Å². The van der Waals surface area contributed by atoms with Gasteiger partial charge in [0.05, 0.1) is 30.6 Å². The molecule has 6 nitrogen and oxygen atoms in total. The molecule has 0 aliphatic heterocycles. The van der Waals surface area contributed by atoms with Crippen LogP contribution in [0.2, 0.25) is 0 Å². The molecule has 0 unspecified atom stereocenters. The third-order valence-electron chi connectivity index (χ3n) is 2.77. The monoisotopic (exact) mass is 320 g/mol. The lowest BCUT2D eigenvalue weighted by Gasteiger charge is -2.18. The van der Waals surface area contributed by atoms with Crippen molar-refractivity contribution in [3.63, 3.8) is 0 Å². The van der Waals surface area contributed by atoms with E-state index in [0.717, 1.165) is 4.90 Å². The first-order valence-electron chi connectivity index (χ1n) is 6.71. The van der Waals surface area contributed by atoms with E-state index >= 15 is 0 Å². The zero-order valence-electron chi connectivity index (χ0n) is 13.0. The lowest BCUT2D eigenvalue weighted by atomic mass is 10.3. The number of amides is 2. The molecule has 0 radical (unpaired) electrons. The summed E-state index contributed by atoms with van der Waals surface area (Å²) in [5, 5.41) is 11.5. The third kappa shape index (κ3) is 6.16. The molecule has 2 amide bonds. The highest BCUT2D eigenvalue weighted by molar-refractivity contribution is 7.99. The molecular formula is C15H20N4O2S. The van der Waals surface area contributed by atoms with E-state index < -0.39 is 0 Å². The fourth-order valence-corrected chi connectivity index (χ4v) is 2.34. The van der Waals surface area contributed by atoms with Crippen LogP contribution in [0.1, 0.15) is 0 Å². The molecule has 0 aromatic heterocycles. The smallest absolute Gasteiger partial charge is 0.238 e. The van der Waals surface area contributed by atoms with Crippen molar-refractivity contribution in [1.29, 1.82) is 5.26 Å². The number of thioether (sulfide) groups is 1. The Bertz CT molecular complexity index is 569. The number of para-hydroxylation sites is 1. The van der Waals surface area contributed by atoms with E-state index in [2.05, 4.69) is 11.4 Å². The summed E-state index contributed by atoms with van der Waals surface area (Å²) >= 11 is 1.37. The summed E-state index contributed by atoms with van der Waals surface area (Å²) in [6.45, 7) is 0.308. The first-order chi connectivity index (χ1) is 10.4. The van der Waals surface area contributed by atoms with Crippen LogP contribution in [0.15, 0.2) is 29.2 Å². The Hall–Kier alpha value is -2.04. The van der Waals surface area contributed by atoms with Crippen LogP contribution >= 0.6 is 11.8 Å². The van der Waals surface area contributed by atoms with Gasteiger partial charge in [0.2, 0.25) is 11.8 Å². The second-order valence-corrected chi connectivity index (χ2v) is 5.97. The number of likely N-dealkylation sites (N-methyl/N-ethyl adjacent to an activating group) is 2. The molecule has 1 aromatic carbocycles. The van der Waals surface area contributed by atoms with Gasteiger partial charge in [-0.3, -0.25) is 14.5 Å². The lowest BCUT2D eigenvalue weighted by Crippen LogP contribution is -2.38. The lowest BCUT2D eigenvalue weighted by molar-refractivity contribution is -0.130. The van der Waals surface area contributed by atoms with Crippen LogP contribution in [0.25, 0.3) is 0 Å². The maximum atomic E-state index is 12.0. The summed E-state index contributed by atoms with van der Waals surface area (Å²) in [5.74, 6) is 0.0729. The van der Waals surface area contributed by atoms with Crippen molar-refractivity contribution in [2.45, 2.75) is 4.90 Å². The highest BCUT2D eigenvalue weighted by atomic mass is 32.2. The van der Waals surface area contributed by atoms with Crippen LogP contribution in [0.5, 0.6) is 0 Å². The highest BCUT2D eigenvalue weighted by Gasteiger charge is 2.13. The molecule has 0 fully saturated rings. The second-order valence-electron chi connectivity index (χ2n) is 4.95. The Morgan fingerprint density at radius 2 is 1.91 bits per heavy atom. The largest absolute Gasteiger partial charge is 0.348 e. The summed E-state index contributed by atoms with van der Waals surface area (Å²) in [6.07, 6.45) is 0. The number of hydrogen-bond acceptors (Lipinski definition) is 5. The molecule has 118 valence electrons. The number of rotatable bonds is 7. The average molecular weight is 320 g/mol. The first kappa shape index (κ1) is 18.0. The third-order valence-corrected chi connectivity index (χ3v) is 3.71. The van der Waals surface area contributed by atoms with Crippen molar-refractivity contribution >= 4 is 29.3 Å². The number of hydrogen-bond donors (Lipinski definition) is 1. The van der Waals surface area contributed by atoms with Crippen LogP contribution < -0.4 is 5.32 Å². The summed E-state index contributed by atoms with van der Waals surface area (Å²) < 4.78 is 0. The van der Waals surface area contributed by atoms with Crippen molar-refractivity contribution < 1.29 is 9.59 Å². The molecule has 1 N–H and O–H groups in total. The minimum atomic E-state index is -0.195. The average Bonchev–Trinajstić information content (AvgIpc) is 2.45. The van der Waals surface area contributed by atoms with Crippen molar-refractivity contribution in [1.82, 2.24) is 9.80 Å². The van der Waals surface area contributed by atoms with Gasteiger partial charge in [-0.1, -0.05) is 12.1 Å². The van der Waals surface area contributed by atoms with E-state index in [1.54, 1.807) is 32.1 Å². The van der Waals surface area contributed by atoms with Gasteiger partial charge in [-0.25, -0.2) is 0 Å². The van der Waals surface area contributed by atoms with E-state index in [0.29, 0.717) is 11.4 Å². The number of carbonyl (C=O) groups is 2. The molecule has 0 saturated carbocycles. The van der Waals surface area contributed by atoms with Gasteiger partial charge >= 0.3 is 0 Å². The van der Waals surface area contributed by atoms with Crippen molar-refractivity contribution in [3.05, 3.63) is 24.3 Å². The molecular weight excluding hydrogens is 300 g/mol. The molecule has 0 atom stereocenters. The van der Waals surface area contributed by atoms with E-state index in [-0.39, 0.29) is 24.9 Å². The number of nitrogens with one attached hydrogen (secondary N) is 1. The number of nitriles is 1. The first-order valence-corrected chi connectivity index (χ1v) is 7.70. The van der Waals surface area contributed by atoms with Crippen LogP contribution in [0, 0.1) is 11.3 Å². The predicted octanol–water partition coefficient (Wildman–Crippen LogP) is 1.26. The van der Waals surface area contributed by atoms with Crippen LogP contribution in [-0.4, -0.2) is 61.6 Å². The van der Waals surface area contributed by atoms with Gasteiger partial charge in [0.1, 0.15) is 0 Å². The summed E-state index contributed by atoms with van der Waals surface area (Å²) in [6, 6.07) is 9.40. The maximum Gasteiger partial charge on any atom is 0.238 e. The van der Waals surface area contributed by atoms with Crippen LogP contribution in [-0.2, 0) is 9.59 Å². The van der Waals surface area contributed by atoms with E-state index in [9.17, 15) is 9.59 Å². The Balaban J connectivity index is 2.58. The van der Waals surface area contributed by atoms with Gasteiger partial charge in [-0.05, 0) is 19.2 Å². The molecule has 0 aliphatic carbocycles. The molecule has 1 rings (SSSR count). The van der Waals surface area contributed by atoms with Gasteiger partial charge in [-0.15, -0.1) is 11.8 Å². The number of carbonyl (C=O) groups excluding carboxylic acids is 2. The topological polar surface area (TPSA) is 76.4 Å². The molecule has 0 heterocycles. The standard InChI is InChI=1S/C15H20N4O2S/c1-18(2)15(21)11-19(3)10-14(20)17-12-6-4-5-7-13(12)22-9-8-16/h4-7H,9-11H2,1-3H3,(H,17,20). The van der Waals surface area contributed by atoms with Gasteiger partial charge in [-0.2, -0.15) is 5.26 Å². The Kier molecular flexibility index (Phi) is 7.43. The normalized spacial score (nSPS) is 10.1. The zero-order valence-corrected chi connectivity index (χ0v) is 13.8. The quantitative estimate of drug-likeness (QED) is 0.766. The molecule has 0 bridgehead atoms. The fourth-order valence-electron chi connectivity index (χ4n) is 1.67. The highest BCUT2D eigenvalue weighted by Crippen LogP contribution is 2.26. The van der Waals surface area contributed by atoms with Gasteiger partial charge in [0.15, 0.2) is 0 Å². The van der Waals surface area contributed by atoms with Crippen molar-refractivity contribution in [2.75, 3.05) is 45.3 Å². The van der Waals surface area contributed by atoms with E-state index in [4.69, 9.17) is 5.26 Å². The minimum absolute atomic E-state index is 0.0553.